The second-order valence-electron chi connectivity index (χ2n) is 10.4. The van der Waals surface area contributed by atoms with Crippen LogP contribution in [0.25, 0.3) is 49.1 Å². The molecule has 0 spiro atoms. The normalized spacial score (nSPS) is 13.0. The van der Waals surface area contributed by atoms with Crippen molar-refractivity contribution < 1.29 is 4.57 Å². The number of pyridine rings is 3. The lowest BCUT2D eigenvalue weighted by Crippen LogP contribution is -2.29. The van der Waals surface area contributed by atoms with Gasteiger partial charge in [-0.05, 0) is 72.0 Å². The Kier molecular flexibility index (Phi) is 3.56. The first-order chi connectivity index (χ1) is 14.7. The van der Waals surface area contributed by atoms with Crippen molar-refractivity contribution in [2.75, 3.05) is 0 Å². The van der Waals surface area contributed by atoms with Gasteiger partial charge in [-0.3, -0.25) is 4.98 Å². The van der Waals surface area contributed by atoms with Crippen molar-refractivity contribution in [1.29, 1.82) is 0 Å². The molecular weight excluding hydrogens is 378 g/mol. The Hall–Kier alpha value is -3.20. The van der Waals surface area contributed by atoms with Gasteiger partial charge >= 0.3 is 0 Å². The lowest BCUT2D eigenvalue weighted by Gasteiger charge is -2.20. The maximum Gasteiger partial charge on any atom is 0.224 e. The molecule has 0 atom stereocenters. The van der Waals surface area contributed by atoms with Gasteiger partial charge in [-0.2, -0.15) is 0 Å². The van der Waals surface area contributed by atoms with E-state index in [1.54, 1.807) is 0 Å². The number of benzene rings is 2. The second-order valence-corrected chi connectivity index (χ2v) is 10.4. The smallest absolute Gasteiger partial charge is 0.224 e. The van der Waals surface area contributed by atoms with Crippen molar-refractivity contribution in [3.05, 3.63) is 65.5 Å². The molecular formula is C28H28N3+. The van der Waals surface area contributed by atoms with Crippen LogP contribution in [0.1, 0.15) is 37.5 Å². The molecule has 2 aromatic carbocycles. The van der Waals surface area contributed by atoms with E-state index in [4.69, 9.17) is 4.98 Å². The summed E-state index contributed by atoms with van der Waals surface area (Å²) in [5.74, 6) is 0. The number of hydrogen-bond donors (Lipinski definition) is 0. The molecule has 0 fully saturated rings. The minimum absolute atomic E-state index is 0.235. The molecule has 0 bridgehead atoms. The van der Waals surface area contributed by atoms with Crippen LogP contribution in [-0.4, -0.2) is 9.38 Å². The zero-order valence-corrected chi connectivity index (χ0v) is 19.2. The Morgan fingerprint density at radius 3 is 2.58 bits per heavy atom. The van der Waals surface area contributed by atoms with Crippen molar-refractivity contribution in [3.8, 4) is 0 Å². The number of fused-ring (bicyclic) bond motifs is 5. The van der Waals surface area contributed by atoms with Crippen molar-refractivity contribution in [1.82, 2.24) is 9.38 Å². The summed E-state index contributed by atoms with van der Waals surface area (Å²) >= 11 is 0. The van der Waals surface area contributed by atoms with Crippen LogP contribution < -0.4 is 4.57 Å². The zero-order valence-electron chi connectivity index (χ0n) is 19.2. The molecule has 31 heavy (non-hydrogen) atoms. The van der Waals surface area contributed by atoms with Crippen molar-refractivity contribution >= 4 is 49.1 Å². The fourth-order valence-corrected chi connectivity index (χ4v) is 5.49. The molecule has 4 heterocycles. The highest BCUT2D eigenvalue weighted by molar-refractivity contribution is 6.25. The Balaban J connectivity index is 1.99. The quantitative estimate of drug-likeness (QED) is 0.175. The Morgan fingerprint density at radius 2 is 1.81 bits per heavy atom. The fraction of sp³-hybridized carbons (Fsp3) is 0.286. The van der Waals surface area contributed by atoms with Crippen LogP contribution in [0, 0.1) is 19.3 Å². The van der Waals surface area contributed by atoms with Gasteiger partial charge in [0.1, 0.15) is 7.05 Å². The van der Waals surface area contributed by atoms with Gasteiger partial charge in [0.2, 0.25) is 5.52 Å². The third-order valence-corrected chi connectivity index (χ3v) is 6.81. The second kappa shape index (κ2) is 5.94. The van der Waals surface area contributed by atoms with Gasteiger partial charge in [-0.15, -0.1) is 0 Å². The molecule has 154 valence electrons. The summed E-state index contributed by atoms with van der Waals surface area (Å²) < 4.78 is 4.77. The van der Waals surface area contributed by atoms with Crippen molar-refractivity contribution in [3.63, 3.8) is 0 Å². The summed E-state index contributed by atoms with van der Waals surface area (Å²) in [5, 5.41) is 5.25. The molecule has 0 radical (unpaired) electrons. The first kappa shape index (κ1) is 18.6. The molecule has 0 aliphatic heterocycles. The molecule has 0 amide bonds. The summed E-state index contributed by atoms with van der Waals surface area (Å²) in [5.41, 5.74) is 10.5. The van der Waals surface area contributed by atoms with E-state index in [2.05, 4.69) is 93.2 Å². The Bertz CT molecular complexity index is 1660. The Labute approximate surface area is 182 Å². The van der Waals surface area contributed by atoms with Gasteiger partial charge in [-0.1, -0.05) is 26.8 Å². The van der Waals surface area contributed by atoms with E-state index in [0.717, 1.165) is 11.9 Å². The van der Waals surface area contributed by atoms with Crippen molar-refractivity contribution in [2.24, 2.45) is 12.5 Å². The zero-order chi connectivity index (χ0) is 21.7. The maximum atomic E-state index is 4.82. The van der Waals surface area contributed by atoms with E-state index < -0.39 is 0 Å². The standard InChI is InChI=1S/C28H28N3/c1-16-12-20-25-21(8-7-10-29-25)31-22-14-18(15-28(3,4)5)13-19-9-11-30(6)27(24(19)22)23(17(16)2)26(20)31/h7-14H,15H2,1-6H3/q+1. The largest absolute Gasteiger partial charge is 0.306 e. The molecule has 0 unspecified atom stereocenters. The molecule has 6 rings (SSSR count). The highest BCUT2D eigenvalue weighted by atomic mass is 15.0. The third-order valence-electron chi connectivity index (χ3n) is 6.81. The van der Waals surface area contributed by atoms with E-state index in [1.165, 1.54) is 60.3 Å². The first-order valence-electron chi connectivity index (χ1n) is 11.1. The van der Waals surface area contributed by atoms with Crippen LogP contribution in [0.4, 0.5) is 0 Å². The van der Waals surface area contributed by atoms with E-state index in [-0.39, 0.29) is 5.41 Å². The minimum atomic E-state index is 0.235. The molecule has 3 heteroatoms. The third kappa shape index (κ3) is 2.46. The summed E-state index contributed by atoms with van der Waals surface area (Å²) in [6.07, 6.45) is 5.18. The average Bonchev–Trinajstić information content (AvgIpc) is 3.03. The van der Waals surface area contributed by atoms with E-state index in [0.29, 0.717) is 0 Å². The van der Waals surface area contributed by atoms with Gasteiger partial charge in [0, 0.05) is 17.6 Å². The molecule has 0 aliphatic carbocycles. The van der Waals surface area contributed by atoms with E-state index in [1.807, 2.05) is 6.20 Å². The Morgan fingerprint density at radius 1 is 1.00 bits per heavy atom. The maximum absolute atomic E-state index is 4.82. The number of nitrogens with zero attached hydrogens (tertiary/aromatic N) is 3. The van der Waals surface area contributed by atoms with Crippen LogP contribution in [0.5, 0.6) is 0 Å². The number of aryl methyl sites for hydroxylation is 3. The number of hydrogen-bond acceptors (Lipinski definition) is 1. The van der Waals surface area contributed by atoms with Gasteiger partial charge in [0.15, 0.2) is 6.20 Å². The fourth-order valence-electron chi connectivity index (χ4n) is 5.49. The SMILES string of the molecule is Cc1cc2c3ncccc3n3c4cc(CC(C)(C)C)cc5cc[n+](C)c(c(c1C)c23)c54. The molecule has 0 aliphatic rings. The van der Waals surface area contributed by atoms with Crippen LogP contribution >= 0.6 is 0 Å². The predicted octanol–water partition coefficient (Wildman–Crippen LogP) is 6.41. The van der Waals surface area contributed by atoms with Gasteiger partial charge < -0.3 is 4.40 Å². The monoisotopic (exact) mass is 406 g/mol. The average molecular weight is 407 g/mol. The van der Waals surface area contributed by atoms with Crippen LogP contribution in [0.2, 0.25) is 0 Å². The predicted molar refractivity (Wildman–Crippen MR) is 130 cm³/mol. The molecule has 0 saturated carbocycles. The highest BCUT2D eigenvalue weighted by Crippen LogP contribution is 2.41. The van der Waals surface area contributed by atoms with Crippen LogP contribution in [-0.2, 0) is 13.5 Å². The van der Waals surface area contributed by atoms with E-state index in [9.17, 15) is 0 Å². The molecule has 4 aromatic heterocycles. The lowest BCUT2D eigenvalue weighted by atomic mass is 9.87. The first-order valence-corrected chi connectivity index (χ1v) is 11.1. The number of aromatic nitrogens is 3. The summed E-state index contributed by atoms with van der Waals surface area (Å²) in [4.78, 5) is 4.82. The summed E-state index contributed by atoms with van der Waals surface area (Å²) in [6.45, 7) is 11.4. The molecule has 3 nitrogen and oxygen atoms in total. The molecule has 6 aromatic rings. The van der Waals surface area contributed by atoms with Gasteiger partial charge in [0.25, 0.3) is 0 Å². The van der Waals surface area contributed by atoms with Crippen LogP contribution in [0.15, 0.2) is 48.8 Å². The molecule has 0 saturated heterocycles. The van der Waals surface area contributed by atoms with Gasteiger partial charge in [0.05, 0.1) is 32.8 Å². The summed E-state index contributed by atoms with van der Waals surface area (Å²) in [6, 6.07) is 13.7. The lowest BCUT2D eigenvalue weighted by molar-refractivity contribution is -0.643. The summed E-state index contributed by atoms with van der Waals surface area (Å²) in [7, 11) is 2.17. The van der Waals surface area contributed by atoms with Gasteiger partial charge in [-0.25, -0.2) is 4.57 Å². The molecule has 0 N–H and O–H groups in total. The topological polar surface area (TPSA) is 21.2 Å². The number of rotatable bonds is 1. The highest BCUT2D eigenvalue weighted by Gasteiger charge is 2.25. The minimum Gasteiger partial charge on any atom is -0.306 e. The van der Waals surface area contributed by atoms with Crippen molar-refractivity contribution in [2.45, 2.75) is 41.0 Å². The van der Waals surface area contributed by atoms with E-state index >= 15 is 0 Å². The van der Waals surface area contributed by atoms with Crippen LogP contribution in [0.3, 0.4) is 0 Å².